The lowest BCUT2D eigenvalue weighted by Gasteiger charge is -2.19. The molecule has 1 aliphatic rings. The highest BCUT2D eigenvalue weighted by Gasteiger charge is 2.29. The van der Waals surface area contributed by atoms with E-state index in [9.17, 15) is 19.2 Å². The number of ketones is 1. The first-order valence-electron chi connectivity index (χ1n) is 14.3. The van der Waals surface area contributed by atoms with Gasteiger partial charge >= 0.3 is 0 Å². The lowest BCUT2D eigenvalue weighted by molar-refractivity contribution is -0.133. The number of aryl methyl sites for hydroxylation is 1. The maximum atomic E-state index is 13.9. The van der Waals surface area contributed by atoms with Crippen molar-refractivity contribution in [2.45, 2.75) is 59.5 Å². The van der Waals surface area contributed by atoms with E-state index in [1.165, 1.54) is 29.4 Å². The summed E-state index contributed by atoms with van der Waals surface area (Å²) in [4.78, 5) is 53.4. The average molecular weight is 576 g/mol. The first-order chi connectivity index (χ1) is 20.2. The second-order valence-electron chi connectivity index (χ2n) is 10.3. The molecule has 1 saturated heterocycles. The molecule has 42 heavy (non-hydrogen) atoms. The number of pyridine rings is 1. The second-order valence-corrected chi connectivity index (χ2v) is 10.3. The van der Waals surface area contributed by atoms with Gasteiger partial charge in [-0.05, 0) is 31.9 Å². The van der Waals surface area contributed by atoms with Crippen LogP contribution in [0.2, 0.25) is 0 Å². The maximum absolute atomic E-state index is 13.9. The third-order valence-electron chi connectivity index (χ3n) is 7.45. The van der Waals surface area contributed by atoms with E-state index in [2.05, 4.69) is 19.2 Å². The standard InChI is InChI=1S/C29H31N3O6.C4H10/c1-18-22-11-7-8-12-23(22)32(16-24(34)20-9-5-4-6-10-20)29(37)26(18)27(38-3)19(2)28(36)30-21-13-14-31(15-21)25(35)17-33;1-3-4-2/h4-12,21,33H,13-17H2,1-3H3,(H,30,36);3-4H2,1-2H3/b27-19-;. The number of fused-ring (bicyclic) bond motifs is 1. The lowest BCUT2D eigenvalue weighted by atomic mass is 9.99. The Labute approximate surface area is 246 Å². The number of amides is 2. The zero-order chi connectivity index (χ0) is 30.8. The van der Waals surface area contributed by atoms with Crippen LogP contribution in [0.3, 0.4) is 0 Å². The van der Waals surface area contributed by atoms with Gasteiger partial charge < -0.3 is 20.1 Å². The molecule has 1 atom stereocenters. The number of ether oxygens (including phenoxy) is 1. The van der Waals surface area contributed by atoms with E-state index in [1.807, 2.05) is 24.3 Å². The highest BCUT2D eigenvalue weighted by atomic mass is 16.5. The van der Waals surface area contributed by atoms with Gasteiger partial charge in [-0.2, -0.15) is 0 Å². The normalized spacial score (nSPS) is 15.0. The van der Waals surface area contributed by atoms with E-state index >= 15 is 0 Å². The molecule has 2 amide bonds. The molecule has 0 spiro atoms. The van der Waals surface area contributed by atoms with Gasteiger partial charge in [-0.25, -0.2) is 0 Å². The molecular weight excluding hydrogens is 534 g/mol. The van der Waals surface area contributed by atoms with Crippen LogP contribution < -0.4 is 10.9 Å². The Kier molecular flexibility index (Phi) is 11.6. The van der Waals surface area contributed by atoms with E-state index in [0.29, 0.717) is 36.2 Å². The van der Waals surface area contributed by atoms with Crippen LogP contribution in [0, 0.1) is 6.92 Å². The fraction of sp³-hybridized carbons (Fsp3) is 0.394. The van der Waals surface area contributed by atoms with E-state index in [4.69, 9.17) is 9.84 Å². The molecule has 4 rings (SSSR count). The maximum Gasteiger partial charge on any atom is 0.262 e. The summed E-state index contributed by atoms with van der Waals surface area (Å²) in [5.74, 6) is -0.903. The quantitative estimate of drug-likeness (QED) is 0.226. The molecule has 3 aromatic rings. The molecule has 9 nitrogen and oxygen atoms in total. The van der Waals surface area contributed by atoms with Crippen molar-refractivity contribution in [3.63, 3.8) is 0 Å². The first-order valence-corrected chi connectivity index (χ1v) is 14.3. The topological polar surface area (TPSA) is 118 Å². The molecule has 0 radical (unpaired) electrons. The Morgan fingerprint density at radius 2 is 1.67 bits per heavy atom. The van der Waals surface area contributed by atoms with Gasteiger partial charge in [-0.15, -0.1) is 0 Å². The van der Waals surface area contributed by atoms with E-state index in [-0.39, 0.29) is 41.2 Å². The van der Waals surface area contributed by atoms with Crippen molar-refractivity contribution >= 4 is 34.3 Å². The Bertz CT molecular complexity index is 1510. The Morgan fingerprint density at radius 3 is 2.29 bits per heavy atom. The predicted molar refractivity (Wildman–Crippen MR) is 164 cm³/mol. The van der Waals surface area contributed by atoms with Gasteiger partial charge in [0.2, 0.25) is 5.91 Å². The van der Waals surface area contributed by atoms with Crippen molar-refractivity contribution in [3.05, 3.63) is 87.2 Å². The van der Waals surface area contributed by atoms with Crippen LogP contribution in [-0.2, 0) is 20.9 Å². The SMILES string of the molecule is CCCC.CO/C(=C(/C)C(=O)NC1CCN(C(=O)CO)C1)c1c(C)c2ccccc2n(CC(=O)c2ccccc2)c1=O. The largest absolute Gasteiger partial charge is 0.495 e. The van der Waals surface area contributed by atoms with Gasteiger partial charge in [0, 0.05) is 30.1 Å². The van der Waals surface area contributed by atoms with Crippen molar-refractivity contribution in [3.8, 4) is 0 Å². The third kappa shape index (κ3) is 7.33. The van der Waals surface area contributed by atoms with Crippen molar-refractivity contribution < 1.29 is 24.2 Å². The number of aliphatic hydroxyl groups is 1. The van der Waals surface area contributed by atoms with Crippen LogP contribution in [0.15, 0.2) is 65.0 Å². The third-order valence-corrected chi connectivity index (χ3v) is 7.45. The summed E-state index contributed by atoms with van der Waals surface area (Å²) in [6.45, 7) is 7.72. The summed E-state index contributed by atoms with van der Waals surface area (Å²) in [5.41, 5.74) is 1.72. The molecule has 2 aromatic carbocycles. The number of nitrogens with one attached hydrogen (secondary N) is 1. The van der Waals surface area contributed by atoms with Crippen LogP contribution >= 0.6 is 0 Å². The monoisotopic (exact) mass is 575 g/mol. The van der Waals surface area contributed by atoms with Gasteiger partial charge in [0.25, 0.3) is 11.5 Å². The van der Waals surface area contributed by atoms with E-state index < -0.39 is 18.1 Å². The highest BCUT2D eigenvalue weighted by molar-refractivity contribution is 6.01. The number of nitrogens with zero attached hydrogens (tertiary/aromatic N) is 2. The summed E-state index contributed by atoms with van der Waals surface area (Å²) in [7, 11) is 1.40. The van der Waals surface area contributed by atoms with Crippen LogP contribution in [-0.4, -0.2) is 65.0 Å². The molecule has 1 aromatic heterocycles. The van der Waals surface area contributed by atoms with Gasteiger partial charge in [0.05, 0.1) is 30.3 Å². The minimum atomic E-state index is -0.576. The smallest absolute Gasteiger partial charge is 0.262 e. The molecule has 2 heterocycles. The molecule has 1 unspecified atom stereocenters. The number of benzene rings is 2. The van der Waals surface area contributed by atoms with Gasteiger partial charge in [0.1, 0.15) is 12.4 Å². The minimum absolute atomic E-state index is 0.123. The fourth-order valence-corrected chi connectivity index (χ4v) is 4.89. The Balaban J connectivity index is 0.00000114. The number of unbranched alkanes of at least 4 members (excludes halogenated alkanes) is 1. The number of carbonyl (C=O) groups is 3. The number of hydrogen-bond acceptors (Lipinski definition) is 6. The molecule has 9 heteroatoms. The number of methoxy groups -OCH3 is 1. The van der Waals surface area contributed by atoms with E-state index in [1.54, 1.807) is 44.2 Å². The number of rotatable bonds is 9. The number of carbonyl (C=O) groups excluding carboxylic acids is 3. The van der Waals surface area contributed by atoms with E-state index in [0.717, 1.165) is 5.39 Å². The number of para-hydroxylation sites is 1. The summed E-state index contributed by atoms with van der Waals surface area (Å²) >= 11 is 0. The van der Waals surface area contributed by atoms with Crippen molar-refractivity contribution in [1.82, 2.24) is 14.8 Å². The molecule has 2 N–H and O–H groups in total. The first kappa shape index (κ1) is 32.3. The molecule has 224 valence electrons. The number of aromatic nitrogens is 1. The molecule has 1 fully saturated rings. The zero-order valence-corrected chi connectivity index (χ0v) is 25.1. The van der Waals surface area contributed by atoms with Crippen LogP contribution in [0.25, 0.3) is 16.7 Å². The van der Waals surface area contributed by atoms with Gasteiger partial charge in [-0.3, -0.25) is 23.7 Å². The Morgan fingerprint density at radius 1 is 1.02 bits per heavy atom. The number of likely N-dealkylation sites (tertiary alicyclic amines) is 1. The summed E-state index contributed by atoms with van der Waals surface area (Å²) in [6.07, 6.45) is 3.19. The number of Topliss-reactive ketones (excluding diaryl/α,β-unsaturated/α-hetero) is 1. The van der Waals surface area contributed by atoms with Crippen molar-refractivity contribution in [2.75, 3.05) is 26.8 Å². The number of aliphatic hydroxyl groups excluding tert-OH is 1. The van der Waals surface area contributed by atoms with Crippen LogP contribution in [0.1, 0.15) is 61.5 Å². The molecule has 0 saturated carbocycles. The predicted octanol–water partition coefficient (Wildman–Crippen LogP) is 4.09. The summed E-state index contributed by atoms with van der Waals surface area (Å²) in [5, 5.41) is 12.8. The van der Waals surface area contributed by atoms with Crippen LogP contribution in [0.5, 0.6) is 0 Å². The lowest BCUT2D eigenvalue weighted by Crippen LogP contribution is -2.39. The number of hydrogen-bond donors (Lipinski definition) is 2. The highest BCUT2D eigenvalue weighted by Crippen LogP contribution is 2.27. The van der Waals surface area contributed by atoms with Gasteiger partial charge in [0.15, 0.2) is 5.78 Å². The summed E-state index contributed by atoms with van der Waals surface area (Å²) in [6, 6.07) is 15.8. The second kappa shape index (κ2) is 15.1. The van der Waals surface area contributed by atoms with Crippen LogP contribution in [0.4, 0.5) is 0 Å². The van der Waals surface area contributed by atoms with Crippen molar-refractivity contribution in [2.24, 2.45) is 0 Å². The molecular formula is C33H41N3O6. The van der Waals surface area contributed by atoms with Crippen molar-refractivity contribution in [1.29, 1.82) is 0 Å². The molecule has 1 aliphatic heterocycles. The zero-order valence-electron chi connectivity index (χ0n) is 25.1. The Hall–Kier alpha value is -4.24. The minimum Gasteiger partial charge on any atom is -0.495 e. The summed E-state index contributed by atoms with van der Waals surface area (Å²) < 4.78 is 7.06. The molecule has 0 aliphatic carbocycles. The van der Waals surface area contributed by atoms with Gasteiger partial charge in [-0.1, -0.05) is 75.2 Å². The average Bonchev–Trinajstić information content (AvgIpc) is 3.49. The fourth-order valence-electron chi connectivity index (χ4n) is 4.89. The molecule has 0 bridgehead atoms.